The average molecular weight is 1830 g/mol. The van der Waals surface area contributed by atoms with E-state index in [0.29, 0.717) is 71.0 Å². The van der Waals surface area contributed by atoms with E-state index in [0.717, 1.165) is 97.4 Å². The van der Waals surface area contributed by atoms with E-state index >= 15 is 0 Å². The minimum atomic E-state index is -1.17. The van der Waals surface area contributed by atoms with Gasteiger partial charge in [0.15, 0.2) is 23.0 Å². The molecule has 11 aromatic rings. The number of aliphatic carboxylic acids is 1. The largest absolute Gasteiger partial charge is 0.514 e. The number of esters is 1. The third-order valence-corrected chi connectivity index (χ3v) is 25.1. The van der Waals surface area contributed by atoms with Crippen LogP contribution in [0.3, 0.4) is 0 Å². The molecule has 2 aliphatic carbocycles. The quantitative estimate of drug-likeness (QED) is 0.00987. The highest BCUT2D eigenvalue weighted by atomic mass is 35.5. The van der Waals surface area contributed by atoms with Gasteiger partial charge in [0.05, 0.1) is 75.5 Å². The van der Waals surface area contributed by atoms with E-state index in [1.807, 2.05) is 115 Å². The summed E-state index contributed by atoms with van der Waals surface area (Å²) in [5.41, 5.74) is 4.99. The Balaban J connectivity index is 0.000000195. The molecule has 13 rings (SSSR count). The second-order valence-corrected chi connectivity index (χ2v) is 34.4. The number of hydrogen-bond acceptors (Lipinski definition) is 25. The summed E-state index contributed by atoms with van der Waals surface area (Å²) >= 11 is 16.5. The Morgan fingerprint density at radius 1 is 0.539 bits per heavy atom. The molecule has 4 heterocycles. The lowest BCUT2D eigenvalue weighted by Gasteiger charge is -2.39. The second kappa shape index (κ2) is 45.0. The highest BCUT2D eigenvalue weighted by Gasteiger charge is 2.38. The van der Waals surface area contributed by atoms with Crippen molar-refractivity contribution >= 4 is 119 Å². The van der Waals surface area contributed by atoms with E-state index in [-0.39, 0.29) is 114 Å². The Morgan fingerprint density at radius 2 is 0.977 bits per heavy atom. The number of aromatic nitrogens is 2. The molecule has 2 aliphatic rings. The first-order chi connectivity index (χ1) is 61.4. The maximum absolute atomic E-state index is 14.5. The van der Waals surface area contributed by atoms with Crippen molar-refractivity contribution in [3.8, 4) is 51.0 Å². The minimum absolute atomic E-state index is 0.00925. The van der Waals surface area contributed by atoms with Crippen LogP contribution < -0.4 is 29.0 Å². The zero-order valence-electron chi connectivity index (χ0n) is 72.0. The predicted octanol–water partition coefficient (Wildman–Crippen LogP) is 21.6. The number of carbonyl (C=O) groups is 6. The van der Waals surface area contributed by atoms with Crippen LogP contribution in [0, 0.1) is 30.3 Å². The lowest BCUT2D eigenvalue weighted by molar-refractivity contribution is -0.386. The van der Waals surface area contributed by atoms with Gasteiger partial charge in [0.25, 0.3) is 28.9 Å². The molecule has 0 aliphatic heterocycles. The number of nitrogens with one attached hydrogen (secondary N) is 1. The maximum Gasteiger partial charge on any atom is 0.514 e. The number of hydrogen-bond donors (Lipinski definition) is 2. The fourth-order valence-corrected chi connectivity index (χ4v) is 18.1. The number of carboxylic acid groups (broad SMARTS) is 1. The van der Waals surface area contributed by atoms with Crippen LogP contribution in [-0.2, 0) is 36.9 Å². The zero-order chi connectivity index (χ0) is 91.9. The molecule has 672 valence electrons. The van der Waals surface area contributed by atoms with Crippen LogP contribution >= 0.6 is 45.9 Å². The SMILES string of the molecule is CNC1CCC(N(Cc2cccc(-c3ccncc3)c2)C(=O)c2sc3ccccc3c2Cl)CC1.COc1cc(C(C)OC(=O)N(C)C2CCC(N(Cc3cccc(-c4ccncc4)c3)C(=O)c3sc4ccccc4c3Cl)CC2)c([N+](=O)[O-])cc1OCCCC(=O)O.COc1cc(C(C)OC(=O)Oc2ccc([N+](=O)[O-])cc2)c([N+](=O)[O-])cc1OCCCC(=O)OC(C)(C)C. The summed E-state index contributed by atoms with van der Waals surface area (Å²) in [6, 6.07) is 50.3. The molecule has 2 fully saturated rings. The molecule has 0 bridgehead atoms. The first kappa shape index (κ1) is 95.8. The Bertz CT molecular complexity index is 5750. The summed E-state index contributed by atoms with van der Waals surface area (Å²) in [5, 5.41) is 49.6. The standard InChI is InChI=1S/C42H43ClN4O9S.C28H28ClN3OS.C24H28N2O11/c1-26(33-23-35(54-3)36(24-34(33)47(52)53)55-21-7-12-38(48)49)56-42(51)45(2)30-13-15-31(16-14-30)46(41(50)40-39(43)32-10-4-5-11-37(32)57-40)25-27-8-6-9-29(22-27)28-17-19-44-20-18-28;1-30-22-9-11-23(12-10-22)32(28(33)27-26(29)24-7-2-3-8-25(24)34-27)18-19-5-4-6-21(17-19)20-13-15-31-16-14-20;1-15(35-23(28)36-17-10-8-16(9-11-17)25(29)30)18-13-20(33-5)21(14-19(18)26(31)32)34-12-6-7-22(27)37-24(2,3)4/h4-6,8-11,17-20,22-24,26,30-31H,7,12-16,21,25H2,1-3H3,(H,48,49);2-8,13-17,22-23,30H,9-12,18H2,1H3;8-11,13-15H,6-7,12H2,1-5H3. The van der Waals surface area contributed by atoms with Crippen LogP contribution in [0.1, 0.15) is 165 Å². The third kappa shape index (κ3) is 25.5. The second-order valence-electron chi connectivity index (χ2n) is 31.5. The van der Waals surface area contributed by atoms with Crippen LogP contribution in [0.2, 0.25) is 10.0 Å². The summed E-state index contributed by atoms with van der Waals surface area (Å²) in [7, 11) is 6.39. The lowest BCUT2D eigenvalue weighted by atomic mass is 9.89. The van der Waals surface area contributed by atoms with E-state index in [1.54, 1.807) is 47.1 Å². The van der Waals surface area contributed by atoms with E-state index in [1.165, 1.54) is 79.0 Å². The molecular formula is C94H99Cl2N9O21S2. The number of amides is 3. The van der Waals surface area contributed by atoms with Crippen molar-refractivity contribution < 1.29 is 86.5 Å². The Labute approximate surface area is 757 Å². The molecule has 2 saturated carbocycles. The highest BCUT2D eigenvalue weighted by molar-refractivity contribution is 7.22. The molecule has 2 N–H and O–H groups in total. The van der Waals surface area contributed by atoms with Gasteiger partial charge < -0.3 is 63.0 Å². The number of ether oxygens (including phenoxy) is 8. The Kier molecular flexibility index (Phi) is 33.7. The maximum atomic E-state index is 14.5. The van der Waals surface area contributed by atoms with Crippen molar-refractivity contribution in [1.82, 2.24) is 30.0 Å². The molecule has 30 nitrogen and oxygen atoms in total. The van der Waals surface area contributed by atoms with Crippen LogP contribution in [0.15, 0.2) is 195 Å². The van der Waals surface area contributed by atoms with Gasteiger partial charge in [-0.1, -0.05) is 96.0 Å². The van der Waals surface area contributed by atoms with E-state index in [9.17, 15) is 59.1 Å². The van der Waals surface area contributed by atoms with E-state index in [4.69, 9.17) is 66.2 Å². The molecule has 4 aromatic heterocycles. The fourth-order valence-electron chi connectivity index (χ4n) is 15.2. The number of fused-ring (bicyclic) bond motifs is 2. The molecular weight excluding hydrogens is 1730 g/mol. The zero-order valence-corrected chi connectivity index (χ0v) is 75.2. The Hall–Kier alpha value is -12.9. The predicted molar refractivity (Wildman–Crippen MR) is 487 cm³/mol. The molecule has 2 atom stereocenters. The number of methoxy groups -OCH3 is 2. The number of carbonyl (C=O) groups excluding carboxylic acids is 5. The first-order valence-corrected chi connectivity index (χ1v) is 43.9. The summed E-state index contributed by atoms with van der Waals surface area (Å²) in [6.45, 7) is 9.23. The first-order valence-electron chi connectivity index (χ1n) is 41.5. The van der Waals surface area contributed by atoms with Crippen LogP contribution in [0.25, 0.3) is 42.4 Å². The van der Waals surface area contributed by atoms with Crippen molar-refractivity contribution in [2.24, 2.45) is 0 Å². The van der Waals surface area contributed by atoms with Gasteiger partial charge in [0, 0.05) is 114 Å². The van der Waals surface area contributed by atoms with Crippen molar-refractivity contribution in [2.45, 2.75) is 167 Å². The number of nitrogens with zero attached hydrogens (tertiary/aromatic N) is 8. The molecule has 128 heavy (non-hydrogen) atoms. The van der Waals surface area contributed by atoms with Crippen LogP contribution in [-0.4, -0.2) is 152 Å². The van der Waals surface area contributed by atoms with Gasteiger partial charge in [0.2, 0.25) is 0 Å². The molecule has 0 radical (unpaired) electrons. The van der Waals surface area contributed by atoms with Crippen LogP contribution in [0.4, 0.5) is 26.7 Å². The average Bonchev–Trinajstić information content (AvgIpc) is 1.62. The molecule has 0 saturated heterocycles. The van der Waals surface area contributed by atoms with Gasteiger partial charge in [0.1, 0.15) is 33.3 Å². The van der Waals surface area contributed by atoms with Crippen LogP contribution in [0.5, 0.6) is 28.7 Å². The minimum Gasteiger partial charge on any atom is -0.493 e. The number of non-ortho nitro benzene ring substituents is 1. The number of rotatable bonds is 32. The normalized spacial score (nSPS) is 15.2. The number of thiophene rings is 2. The fraction of sp³-hybridized carbons (Fsp3) is 0.340. The van der Waals surface area contributed by atoms with Gasteiger partial charge in [-0.3, -0.25) is 59.5 Å². The topological polar surface area (TPSA) is 373 Å². The molecule has 0 spiro atoms. The highest BCUT2D eigenvalue weighted by Crippen LogP contribution is 2.44. The van der Waals surface area contributed by atoms with Gasteiger partial charge in [-0.2, -0.15) is 0 Å². The van der Waals surface area contributed by atoms with Gasteiger partial charge in [-0.05, 0) is 212 Å². The summed E-state index contributed by atoms with van der Waals surface area (Å²) in [6.07, 6.45) is 10.2. The van der Waals surface area contributed by atoms with Gasteiger partial charge in [-0.15, -0.1) is 22.7 Å². The van der Waals surface area contributed by atoms with Crippen molar-refractivity contribution in [1.29, 1.82) is 0 Å². The Morgan fingerprint density at radius 3 is 1.40 bits per heavy atom. The lowest BCUT2D eigenvalue weighted by Crippen LogP contribution is -2.46. The molecule has 2 unspecified atom stereocenters. The summed E-state index contributed by atoms with van der Waals surface area (Å²) in [5.74, 6) is -1.01. The van der Waals surface area contributed by atoms with Gasteiger partial charge in [-0.25, -0.2) is 9.59 Å². The smallest absolute Gasteiger partial charge is 0.493 e. The van der Waals surface area contributed by atoms with Gasteiger partial charge >= 0.3 is 24.2 Å². The molecule has 7 aromatic carbocycles. The number of pyridine rings is 2. The van der Waals surface area contributed by atoms with E-state index in [2.05, 4.69) is 50.5 Å². The van der Waals surface area contributed by atoms with Crippen molar-refractivity contribution in [3.05, 3.63) is 267 Å². The number of benzene rings is 7. The number of nitro groups is 3. The van der Waals surface area contributed by atoms with E-state index < -0.39 is 62.5 Å². The monoisotopic (exact) mass is 1820 g/mol. The molecule has 34 heteroatoms. The summed E-state index contributed by atoms with van der Waals surface area (Å²) < 4.78 is 45.0. The summed E-state index contributed by atoms with van der Waals surface area (Å²) in [4.78, 5) is 124. The number of halogens is 2. The third-order valence-electron chi connectivity index (χ3n) is 21.7. The number of nitro benzene ring substituents is 3. The molecule has 3 amide bonds. The van der Waals surface area contributed by atoms with Crippen molar-refractivity contribution in [3.63, 3.8) is 0 Å². The number of carboxylic acids is 1. The van der Waals surface area contributed by atoms with Crippen molar-refractivity contribution in [2.75, 3.05) is 41.5 Å².